The Hall–Kier alpha value is -3.37. The van der Waals surface area contributed by atoms with Gasteiger partial charge in [-0.25, -0.2) is 4.79 Å². The van der Waals surface area contributed by atoms with E-state index in [-0.39, 0.29) is 18.8 Å². The van der Waals surface area contributed by atoms with Gasteiger partial charge >= 0.3 is 5.97 Å². The summed E-state index contributed by atoms with van der Waals surface area (Å²) in [6, 6.07) is 12.1. The van der Waals surface area contributed by atoms with Gasteiger partial charge in [0.15, 0.2) is 0 Å². The molecule has 0 atom stereocenters. The molecule has 1 N–H and O–H groups in total. The Morgan fingerprint density at radius 1 is 1.00 bits per heavy atom. The summed E-state index contributed by atoms with van der Waals surface area (Å²) in [6.07, 6.45) is 10.9. The second-order valence-electron chi connectivity index (χ2n) is 4.93. The first-order chi connectivity index (χ1) is 11.6. The molecule has 2 rings (SSSR count). The fraction of sp³-hybridized carbons (Fsp3) is 0.150. The summed E-state index contributed by atoms with van der Waals surface area (Å²) < 4.78 is 10.8. The van der Waals surface area contributed by atoms with Crippen molar-refractivity contribution in [3.05, 3.63) is 59.2 Å². The summed E-state index contributed by atoms with van der Waals surface area (Å²) in [5, 5.41) is 9.16. The minimum absolute atomic E-state index is 0.123. The van der Waals surface area contributed by atoms with E-state index in [2.05, 4.69) is 11.8 Å². The highest BCUT2D eigenvalue weighted by atomic mass is 16.5. The summed E-state index contributed by atoms with van der Waals surface area (Å²) in [6.45, 7) is 0.336. The van der Waals surface area contributed by atoms with Gasteiger partial charge in [-0.2, -0.15) is 0 Å². The zero-order valence-corrected chi connectivity index (χ0v) is 13.0. The number of aromatic carboxylic acids is 1. The predicted octanol–water partition coefficient (Wildman–Crippen LogP) is 3.00. The molecular formula is C20H16O4. The van der Waals surface area contributed by atoms with Gasteiger partial charge in [0.25, 0.3) is 0 Å². The van der Waals surface area contributed by atoms with E-state index in [1.165, 1.54) is 6.07 Å². The van der Waals surface area contributed by atoms with Crippen LogP contribution in [0.3, 0.4) is 0 Å². The lowest BCUT2D eigenvalue weighted by molar-refractivity contribution is 0.0696. The van der Waals surface area contributed by atoms with Gasteiger partial charge in [0, 0.05) is 6.42 Å². The highest BCUT2D eigenvalue weighted by Gasteiger charge is 2.10. The lowest BCUT2D eigenvalue weighted by Crippen LogP contribution is -2.03. The lowest BCUT2D eigenvalue weighted by atomic mass is 10.0. The van der Waals surface area contributed by atoms with Gasteiger partial charge in [-0.3, -0.25) is 0 Å². The summed E-state index contributed by atoms with van der Waals surface area (Å²) >= 11 is 0. The number of hydrogen-bond acceptors (Lipinski definition) is 3. The average molecular weight is 320 g/mol. The van der Waals surface area contributed by atoms with Gasteiger partial charge < -0.3 is 14.6 Å². The van der Waals surface area contributed by atoms with Crippen molar-refractivity contribution >= 4 is 5.97 Å². The molecule has 0 radical (unpaired) electrons. The van der Waals surface area contributed by atoms with Gasteiger partial charge in [0.1, 0.15) is 24.7 Å². The molecular weight excluding hydrogens is 304 g/mol. The van der Waals surface area contributed by atoms with Crippen molar-refractivity contribution in [1.29, 1.82) is 0 Å². The van der Waals surface area contributed by atoms with Crippen LogP contribution in [-0.4, -0.2) is 24.3 Å². The first kappa shape index (κ1) is 17.0. The fourth-order valence-electron chi connectivity index (χ4n) is 2.16. The quantitative estimate of drug-likeness (QED) is 0.797. The minimum atomic E-state index is -0.988. The van der Waals surface area contributed by atoms with E-state index in [9.17, 15) is 4.79 Å². The van der Waals surface area contributed by atoms with E-state index in [1.807, 2.05) is 24.3 Å². The molecule has 120 valence electrons. The maximum Gasteiger partial charge on any atom is 0.335 e. The van der Waals surface area contributed by atoms with Crippen molar-refractivity contribution in [2.24, 2.45) is 0 Å². The molecule has 0 aliphatic rings. The number of benzene rings is 2. The number of terminal acetylenes is 2. The molecule has 4 nitrogen and oxygen atoms in total. The predicted molar refractivity (Wildman–Crippen MR) is 91.3 cm³/mol. The van der Waals surface area contributed by atoms with Gasteiger partial charge in [0.2, 0.25) is 0 Å². The lowest BCUT2D eigenvalue weighted by Gasteiger charge is -2.11. The molecule has 0 spiro atoms. The second kappa shape index (κ2) is 8.31. The van der Waals surface area contributed by atoms with Crippen LogP contribution < -0.4 is 9.47 Å². The molecule has 2 aromatic carbocycles. The minimum Gasteiger partial charge on any atom is -0.481 e. The third kappa shape index (κ3) is 4.56. The highest BCUT2D eigenvalue weighted by Crippen LogP contribution is 2.24. The topological polar surface area (TPSA) is 55.8 Å². The summed E-state index contributed by atoms with van der Waals surface area (Å²) in [4.78, 5) is 11.2. The largest absolute Gasteiger partial charge is 0.481 e. The van der Waals surface area contributed by atoms with Crippen LogP contribution in [0.4, 0.5) is 0 Å². The van der Waals surface area contributed by atoms with Crippen molar-refractivity contribution in [3.8, 4) is 36.2 Å². The van der Waals surface area contributed by atoms with E-state index in [0.29, 0.717) is 17.9 Å². The molecule has 0 aromatic heterocycles. The van der Waals surface area contributed by atoms with Crippen LogP contribution in [0.1, 0.15) is 21.5 Å². The molecule has 4 heteroatoms. The van der Waals surface area contributed by atoms with E-state index >= 15 is 0 Å². The first-order valence-electron chi connectivity index (χ1n) is 7.21. The Labute approximate surface area is 141 Å². The maximum atomic E-state index is 11.2. The Morgan fingerprint density at radius 3 is 2.29 bits per heavy atom. The van der Waals surface area contributed by atoms with Gasteiger partial charge in [-0.05, 0) is 41.5 Å². The summed E-state index contributed by atoms with van der Waals surface area (Å²) in [7, 11) is 0. The van der Waals surface area contributed by atoms with Crippen molar-refractivity contribution in [2.45, 2.75) is 6.42 Å². The molecule has 0 saturated carbocycles. The first-order valence-corrected chi connectivity index (χ1v) is 7.21. The highest BCUT2D eigenvalue weighted by molar-refractivity contribution is 5.88. The van der Waals surface area contributed by atoms with E-state index < -0.39 is 5.97 Å². The molecule has 0 aliphatic carbocycles. The normalized spacial score (nSPS) is 9.58. The van der Waals surface area contributed by atoms with Crippen LogP contribution in [0.2, 0.25) is 0 Å². The summed E-state index contributed by atoms with van der Waals surface area (Å²) in [5.41, 5.74) is 1.94. The molecule has 0 fully saturated rings. The zero-order chi connectivity index (χ0) is 17.4. The van der Waals surface area contributed by atoms with Crippen LogP contribution in [-0.2, 0) is 6.42 Å². The Balaban J connectivity index is 2.23. The number of carboxylic acids is 1. The van der Waals surface area contributed by atoms with Gasteiger partial charge in [-0.15, -0.1) is 12.8 Å². The van der Waals surface area contributed by atoms with Crippen LogP contribution in [0, 0.1) is 24.7 Å². The van der Waals surface area contributed by atoms with E-state index in [4.69, 9.17) is 27.4 Å². The van der Waals surface area contributed by atoms with E-state index in [0.717, 1.165) is 11.1 Å². The molecule has 0 unspecified atom stereocenters. The molecule has 24 heavy (non-hydrogen) atoms. The Bertz CT molecular complexity index is 792. The number of ether oxygens (including phenoxy) is 2. The summed E-state index contributed by atoms with van der Waals surface area (Å²) in [5.74, 6) is 5.07. The van der Waals surface area contributed by atoms with Gasteiger partial charge in [0.05, 0.1) is 5.56 Å². The molecule has 0 saturated heterocycles. The zero-order valence-electron chi connectivity index (χ0n) is 13.0. The van der Waals surface area contributed by atoms with Crippen molar-refractivity contribution < 1.29 is 19.4 Å². The number of rotatable bonds is 7. The van der Waals surface area contributed by atoms with Crippen LogP contribution in [0.5, 0.6) is 11.5 Å². The van der Waals surface area contributed by atoms with Crippen molar-refractivity contribution in [2.75, 3.05) is 13.2 Å². The standard InChI is InChI=1S/C20H16O4/c1-3-11-23-18-8-5-15(6-9-18)13-17-14-16(20(21)22)7-10-19(17)24-12-4-2/h1-2,5-10,14H,11-13H2,(H,21,22). The Kier molecular flexibility index (Phi) is 5.88. The van der Waals surface area contributed by atoms with Crippen LogP contribution in [0.25, 0.3) is 0 Å². The molecule has 2 aromatic rings. The second-order valence-corrected chi connectivity index (χ2v) is 4.93. The third-order valence-electron chi connectivity index (χ3n) is 3.26. The van der Waals surface area contributed by atoms with Crippen LogP contribution >= 0.6 is 0 Å². The fourth-order valence-corrected chi connectivity index (χ4v) is 2.16. The van der Waals surface area contributed by atoms with E-state index in [1.54, 1.807) is 12.1 Å². The molecule has 0 heterocycles. The Morgan fingerprint density at radius 2 is 1.67 bits per heavy atom. The van der Waals surface area contributed by atoms with Crippen molar-refractivity contribution in [3.63, 3.8) is 0 Å². The molecule has 0 bridgehead atoms. The average Bonchev–Trinajstić information content (AvgIpc) is 2.60. The maximum absolute atomic E-state index is 11.2. The number of carboxylic acid groups (broad SMARTS) is 1. The van der Waals surface area contributed by atoms with Gasteiger partial charge in [-0.1, -0.05) is 24.0 Å². The SMILES string of the molecule is C#CCOc1ccc(Cc2cc(C(=O)O)ccc2OCC#C)cc1. The monoisotopic (exact) mass is 320 g/mol. The molecule has 0 amide bonds. The van der Waals surface area contributed by atoms with Crippen LogP contribution in [0.15, 0.2) is 42.5 Å². The number of hydrogen-bond donors (Lipinski definition) is 1. The molecule has 0 aliphatic heterocycles. The number of carbonyl (C=O) groups is 1. The van der Waals surface area contributed by atoms with Crippen molar-refractivity contribution in [1.82, 2.24) is 0 Å². The smallest absolute Gasteiger partial charge is 0.335 e. The third-order valence-corrected chi connectivity index (χ3v) is 3.26.